The lowest BCUT2D eigenvalue weighted by atomic mass is 9.85. The number of rotatable bonds is 2. The van der Waals surface area contributed by atoms with Crippen LogP contribution in [0.5, 0.6) is 0 Å². The van der Waals surface area contributed by atoms with Crippen molar-refractivity contribution in [3.63, 3.8) is 0 Å². The highest BCUT2D eigenvalue weighted by Gasteiger charge is 2.31. The van der Waals surface area contributed by atoms with Crippen molar-refractivity contribution in [2.75, 3.05) is 13.1 Å². The van der Waals surface area contributed by atoms with Crippen LogP contribution in [0.15, 0.2) is 0 Å². The molecular weight excluding hydrogens is 170 g/mol. The number of hydrogen-bond donors (Lipinski definition) is 3. The predicted molar refractivity (Wildman–Crippen MR) is 50.5 cm³/mol. The fourth-order valence-corrected chi connectivity index (χ4v) is 1.56. The van der Waals surface area contributed by atoms with Crippen LogP contribution in [0, 0.1) is 11.8 Å². The van der Waals surface area contributed by atoms with Gasteiger partial charge < -0.3 is 15.5 Å². The van der Waals surface area contributed by atoms with Crippen LogP contribution in [0.3, 0.4) is 0 Å². The summed E-state index contributed by atoms with van der Waals surface area (Å²) < 4.78 is 0. The summed E-state index contributed by atoms with van der Waals surface area (Å²) in [5.74, 6) is -1.44. The van der Waals surface area contributed by atoms with E-state index in [1.807, 2.05) is 0 Å². The van der Waals surface area contributed by atoms with Gasteiger partial charge in [-0.25, -0.2) is 0 Å². The van der Waals surface area contributed by atoms with Gasteiger partial charge in [-0.2, -0.15) is 0 Å². The molecule has 4 heteroatoms. The van der Waals surface area contributed by atoms with Crippen molar-refractivity contribution >= 4 is 5.97 Å². The topological polar surface area (TPSA) is 69.6 Å². The lowest BCUT2D eigenvalue weighted by molar-refractivity contribution is -0.145. The molecule has 1 aliphatic heterocycles. The van der Waals surface area contributed by atoms with Gasteiger partial charge in [0.25, 0.3) is 0 Å². The lowest BCUT2D eigenvalue weighted by Gasteiger charge is -2.30. The molecule has 3 atom stereocenters. The van der Waals surface area contributed by atoms with Crippen molar-refractivity contribution in [1.29, 1.82) is 0 Å². The van der Waals surface area contributed by atoms with Gasteiger partial charge in [0.1, 0.15) is 0 Å². The van der Waals surface area contributed by atoms with Gasteiger partial charge in [0, 0.05) is 12.5 Å². The van der Waals surface area contributed by atoms with Crippen LogP contribution in [0.2, 0.25) is 0 Å². The summed E-state index contributed by atoms with van der Waals surface area (Å²) in [5.41, 5.74) is 0. The summed E-state index contributed by atoms with van der Waals surface area (Å²) in [4.78, 5) is 10.6. The molecule has 0 aromatic rings. The van der Waals surface area contributed by atoms with Crippen LogP contribution in [0.1, 0.15) is 20.8 Å². The van der Waals surface area contributed by atoms with Gasteiger partial charge in [0.2, 0.25) is 0 Å². The normalized spacial score (nSPS) is 30.3. The Morgan fingerprint density at radius 2 is 2.23 bits per heavy atom. The highest BCUT2D eigenvalue weighted by Crippen LogP contribution is 2.20. The third-order valence-electron chi connectivity index (χ3n) is 2.52. The van der Waals surface area contributed by atoms with Crippen LogP contribution in [-0.4, -0.2) is 35.4 Å². The SMILES string of the molecule is C.CC(C(=O)O)C1CNCCC1O. The second-order valence-corrected chi connectivity index (χ2v) is 3.35. The molecule has 0 spiro atoms. The molecule has 1 aliphatic rings. The quantitative estimate of drug-likeness (QED) is 0.585. The van der Waals surface area contributed by atoms with E-state index in [4.69, 9.17) is 5.11 Å². The fourth-order valence-electron chi connectivity index (χ4n) is 1.56. The van der Waals surface area contributed by atoms with Gasteiger partial charge in [0.05, 0.1) is 12.0 Å². The Labute approximate surface area is 79.0 Å². The standard InChI is InChI=1S/C8H15NO3.CH4/c1-5(8(11)12)6-4-9-3-2-7(6)10;/h5-7,9-10H,2-4H2,1H3,(H,11,12);1H4. The number of nitrogens with one attached hydrogen (secondary N) is 1. The molecule has 1 saturated heterocycles. The van der Waals surface area contributed by atoms with Crippen molar-refractivity contribution < 1.29 is 15.0 Å². The van der Waals surface area contributed by atoms with E-state index in [0.29, 0.717) is 13.0 Å². The maximum absolute atomic E-state index is 10.6. The predicted octanol–water partition coefficient (Wildman–Crippen LogP) is 0.314. The van der Waals surface area contributed by atoms with E-state index in [0.717, 1.165) is 6.54 Å². The Balaban J connectivity index is 0.00000144. The van der Waals surface area contributed by atoms with E-state index < -0.39 is 18.0 Å². The third-order valence-corrected chi connectivity index (χ3v) is 2.52. The van der Waals surface area contributed by atoms with Crippen molar-refractivity contribution in [2.24, 2.45) is 11.8 Å². The highest BCUT2D eigenvalue weighted by molar-refractivity contribution is 5.70. The summed E-state index contributed by atoms with van der Waals surface area (Å²) in [7, 11) is 0. The van der Waals surface area contributed by atoms with E-state index in [2.05, 4.69) is 5.32 Å². The Morgan fingerprint density at radius 1 is 1.62 bits per heavy atom. The van der Waals surface area contributed by atoms with E-state index in [1.54, 1.807) is 6.92 Å². The number of carbonyl (C=O) groups is 1. The Hall–Kier alpha value is -0.610. The molecule has 0 radical (unpaired) electrons. The van der Waals surface area contributed by atoms with Crippen LogP contribution in [-0.2, 0) is 4.79 Å². The van der Waals surface area contributed by atoms with Gasteiger partial charge in [0.15, 0.2) is 0 Å². The molecule has 0 aromatic carbocycles. The molecule has 0 saturated carbocycles. The first-order valence-electron chi connectivity index (χ1n) is 4.24. The van der Waals surface area contributed by atoms with Gasteiger partial charge in [-0.1, -0.05) is 14.4 Å². The molecular formula is C9H19NO3. The monoisotopic (exact) mass is 189 g/mol. The van der Waals surface area contributed by atoms with E-state index >= 15 is 0 Å². The molecule has 3 unspecified atom stereocenters. The Morgan fingerprint density at radius 3 is 2.69 bits per heavy atom. The zero-order valence-electron chi connectivity index (χ0n) is 7.16. The minimum atomic E-state index is -0.831. The average Bonchev–Trinajstić information content (AvgIpc) is 2.04. The molecule has 1 rings (SSSR count). The molecule has 0 amide bonds. The van der Waals surface area contributed by atoms with E-state index in [-0.39, 0.29) is 13.3 Å². The molecule has 78 valence electrons. The van der Waals surface area contributed by atoms with E-state index in [9.17, 15) is 9.90 Å². The molecule has 0 aliphatic carbocycles. The number of piperidine rings is 1. The number of carboxylic acids is 1. The van der Waals surface area contributed by atoms with Crippen molar-refractivity contribution in [2.45, 2.75) is 26.9 Å². The number of aliphatic hydroxyl groups is 1. The molecule has 3 N–H and O–H groups in total. The van der Waals surface area contributed by atoms with E-state index in [1.165, 1.54) is 0 Å². The maximum atomic E-state index is 10.6. The first-order valence-corrected chi connectivity index (χ1v) is 4.24. The number of hydrogen-bond acceptors (Lipinski definition) is 3. The zero-order chi connectivity index (χ0) is 9.14. The van der Waals surface area contributed by atoms with Crippen molar-refractivity contribution in [3.8, 4) is 0 Å². The lowest BCUT2D eigenvalue weighted by Crippen LogP contribution is -2.44. The number of aliphatic hydroxyl groups excluding tert-OH is 1. The summed E-state index contributed by atoms with van der Waals surface area (Å²) in [5, 5.41) is 21.3. The van der Waals surface area contributed by atoms with Gasteiger partial charge in [-0.15, -0.1) is 0 Å². The Bertz CT molecular complexity index is 172. The summed E-state index contributed by atoms with van der Waals surface area (Å²) in [6.07, 6.45) is 0.194. The molecule has 1 heterocycles. The molecule has 13 heavy (non-hydrogen) atoms. The summed E-state index contributed by atoms with van der Waals surface area (Å²) >= 11 is 0. The zero-order valence-corrected chi connectivity index (χ0v) is 7.16. The smallest absolute Gasteiger partial charge is 0.306 e. The van der Waals surface area contributed by atoms with Crippen LogP contribution in [0.4, 0.5) is 0 Å². The minimum Gasteiger partial charge on any atom is -0.481 e. The Kier molecular flexibility index (Phi) is 4.95. The fraction of sp³-hybridized carbons (Fsp3) is 0.889. The maximum Gasteiger partial charge on any atom is 0.306 e. The number of aliphatic carboxylic acids is 1. The molecule has 1 fully saturated rings. The van der Waals surface area contributed by atoms with Gasteiger partial charge in [-0.3, -0.25) is 4.79 Å². The van der Waals surface area contributed by atoms with Crippen molar-refractivity contribution in [1.82, 2.24) is 5.32 Å². The van der Waals surface area contributed by atoms with Crippen LogP contribution < -0.4 is 5.32 Å². The highest BCUT2D eigenvalue weighted by atomic mass is 16.4. The second kappa shape index (κ2) is 5.19. The van der Waals surface area contributed by atoms with Crippen LogP contribution in [0.25, 0.3) is 0 Å². The minimum absolute atomic E-state index is 0. The summed E-state index contributed by atoms with van der Waals surface area (Å²) in [6.45, 7) is 3.03. The number of carboxylic acid groups (broad SMARTS) is 1. The van der Waals surface area contributed by atoms with Crippen LogP contribution >= 0.6 is 0 Å². The second-order valence-electron chi connectivity index (χ2n) is 3.35. The van der Waals surface area contributed by atoms with Gasteiger partial charge >= 0.3 is 5.97 Å². The molecule has 0 aromatic heterocycles. The first-order chi connectivity index (χ1) is 5.63. The summed E-state index contributed by atoms with van der Waals surface area (Å²) in [6, 6.07) is 0. The average molecular weight is 189 g/mol. The molecule has 4 nitrogen and oxygen atoms in total. The largest absolute Gasteiger partial charge is 0.481 e. The van der Waals surface area contributed by atoms with Gasteiger partial charge in [-0.05, 0) is 13.0 Å². The molecule has 0 bridgehead atoms. The van der Waals surface area contributed by atoms with Crippen molar-refractivity contribution in [3.05, 3.63) is 0 Å². The first kappa shape index (κ1) is 12.4. The third kappa shape index (κ3) is 2.97.